The van der Waals surface area contributed by atoms with E-state index in [1.165, 1.54) is 6.33 Å². The molecule has 78 valence electrons. The van der Waals surface area contributed by atoms with Gasteiger partial charge in [-0.3, -0.25) is 0 Å². The molecule has 0 atom stereocenters. The minimum Gasteiger partial charge on any atom is -0.362 e. The van der Waals surface area contributed by atoms with E-state index in [1.54, 1.807) is 18.5 Å². The van der Waals surface area contributed by atoms with Gasteiger partial charge >= 0.3 is 0 Å². The molecular formula is C8H9ClN5O+. The van der Waals surface area contributed by atoms with Crippen LogP contribution in [0, 0.1) is 6.92 Å². The van der Waals surface area contributed by atoms with E-state index < -0.39 is 0 Å². The smallest absolute Gasteiger partial charge is 0.289 e. The lowest BCUT2D eigenvalue weighted by molar-refractivity contribution is -0.671. The second-order valence-electron chi connectivity index (χ2n) is 3.05. The first kappa shape index (κ1) is 9.85. The fourth-order valence-electron chi connectivity index (χ4n) is 1.14. The van der Waals surface area contributed by atoms with Crippen molar-refractivity contribution in [3.05, 3.63) is 17.3 Å². The maximum atomic E-state index is 6.06. The van der Waals surface area contributed by atoms with Crippen LogP contribution in [0.4, 0.5) is 5.82 Å². The van der Waals surface area contributed by atoms with Gasteiger partial charge in [0.15, 0.2) is 11.4 Å². The minimum absolute atomic E-state index is 0.266. The topological polar surface area (TPSA) is 81.7 Å². The van der Waals surface area contributed by atoms with Crippen molar-refractivity contribution in [3.8, 4) is 11.5 Å². The molecule has 0 saturated carbocycles. The van der Waals surface area contributed by atoms with Crippen LogP contribution in [0.25, 0.3) is 11.5 Å². The van der Waals surface area contributed by atoms with Crippen molar-refractivity contribution >= 4 is 17.4 Å². The summed E-state index contributed by atoms with van der Waals surface area (Å²) in [5, 5.41) is 4.08. The Morgan fingerprint density at radius 1 is 1.53 bits per heavy atom. The Morgan fingerprint density at radius 2 is 2.27 bits per heavy atom. The van der Waals surface area contributed by atoms with Gasteiger partial charge in [-0.25, -0.2) is 4.57 Å². The molecule has 2 rings (SSSR count). The van der Waals surface area contributed by atoms with Crippen LogP contribution < -0.4 is 10.3 Å². The van der Waals surface area contributed by atoms with Gasteiger partial charge in [0, 0.05) is 0 Å². The van der Waals surface area contributed by atoms with E-state index in [-0.39, 0.29) is 11.7 Å². The third-order valence-electron chi connectivity index (χ3n) is 1.88. The Morgan fingerprint density at radius 3 is 2.87 bits per heavy atom. The number of nitrogens with two attached hydrogens (primary N) is 1. The Balaban J connectivity index is 2.66. The molecule has 0 amide bonds. The third-order valence-corrected chi connectivity index (χ3v) is 2.34. The summed E-state index contributed by atoms with van der Waals surface area (Å²) in [5.74, 6) is 1.06. The second-order valence-corrected chi connectivity index (χ2v) is 3.41. The zero-order valence-electron chi connectivity index (χ0n) is 8.23. The number of anilines is 1. The van der Waals surface area contributed by atoms with Crippen molar-refractivity contribution in [1.82, 2.24) is 15.1 Å². The van der Waals surface area contributed by atoms with Crippen molar-refractivity contribution < 1.29 is 9.09 Å². The predicted molar refractivity (Wildman–Crippen MR) is 52.9 cm³/mol. The molecule has 0 fully saturated rings. The fourth-order valence-corrected chi connectivity index (χ4v) is 1.36. The lowest BCUT2D eigenvalue weighted by Crippen LogP contribution is -2.31. The normalized spacial score (nSPS) is 10.6. The van der Waals surface area contributed by atoms with Crippen molar-refractivity contribution in [1.29, 1.82) is 0 Å². The summed E-state index contributed by atoms with van der Waals surface area (Å²) in [5.41, 5.74) is 6.16. The van der Waals surface area contributed by atoms with Crippen molar-refractivity contribution in [2.45, 2.75) is 6.92 Å². The van der Waals surface area contributed by atoms with Gasteiger partial charge < -0.3 is 10.3 Å². The number of aromatic nitrogens is 4. The fraction of sp³-hybridized carbons (Fsp3) is 0.250. The predicted octanol–water partition coefficient (Wildman–Crippen LogP) is 0.500. The van der Waals surface area contributed by atoms with E-state index in [2.05, 4.69) is 15.1 Å². The van der Waals surface area contributed by atoms with E-state index in [0.717, 1.165) is 0 Å². The van der Waals surface area contributed by atoms with E-state index in [0.29, 0.717) is 16.5 Å². The van der Waals surface area contributed by atoms with Crippen molar-refractivity contribution in [2.75, 3.05) is 5.73 Å². The standard InChI is InChI=1S/C8H8ClN5O/c1-4-12-8(15-13-4)5-6(9)14(2)3-11-7(5)10/h3,10H,1-2H3/p+1. The molecule has 2 N–H and O–H groups in total. The summed E-state index contributed by atoms with van der Waals surface area (Å²) in [7, 11) is 1.75. The Kier molecular flexibility index (Phi) is 2.28. The molecule has 2 aromatic rings. The highest BCUT2D eigenvalue weighted by Gasteiger charge is 2.22. The van der Waals surface area contributed by atoms with Gasteiger partial charge in [0.1, 0.15) is 0 Å². The minimum atomic E-state index is 0.266. The lowest BCUT2D eigenvalue weighted by Gasteiger charge is -1.98. The largest absolute Gasteiger partial charge is 0.362 e. The summed E-state index contributed by atoms with van der Waals surface area (Å²) in [6.07, 6.45) is 1.52. The highest BCUT2D eigenvalue weighted by atomic mass is 35.5. The number of nitrogen functional groups attached to an aromatic ring is 1. The quantitative estimate of drug-likeness (QED) is 0.566. The molecule has 0 saturated heterocycles. The summed E-state index contributed by atoms with van der Waals surface area (Å²) in [6, 6.07) is 0. The van der Waals surface area contributed by atoms with Gasteiger partial charge in [-0.1, -0.05) is 5.16 Å². The molecule has 0 unspecified atom stereocenters. The number of aryl methyl sites for hydroxylation is 2. The first-order chi connectivity index (χ1) is 7.09. The van der Waals surface area contributed by atoms with Gasteiger partial charge in [0.2, 0.25) is 5.15 Å². The van der Waals surface area contributed by atoms with Gasteiger partial charge in [0.25, 0.3) is 18.0 Å². The molecule has 15 heavy (non-hydrogen) atoms. The Labute approximate surface area is 90.7 Å². The average molecular weight is 227 g/mol. The lowest BCUT2D eigenvalue weighted by atomic mass is 10.3. The van der Waals surface area contributed by atoms with Crippen molar-refractivity contribution in [3.63, 3.8) is 0 Å². The summed E-state index contributed by atoms with van der Waals surface area (Å²) in [6.45, 7) is 1.72. The van der Waals surface area contributed by atoms with Crippen LogP contribution in [0.5, 0.6) is 0 Å². The number of hydrogen-bond donors (Lipinski definition) is 1. The summed E-state index contributed by atoms with van der Waals surface area (Å²) in [4.78, 5) is 8.00. The molecule has 0 aliphatic rings. The van der Waals surface area contributed by atoms with Crippen molar-refractivity contribution in [2.24, 2.45) is 7.05 Å². The summed E-state index contributed by atoms with van der Waals surface area (Å²) < 4.78 is 6.61. The van der Waals surface area contributed by atoms with Gasteiger partial charge in [-0.2, -0.15) is 4.98 Å². The molecule has 6 nitrogen and oxygen atoms in total. The van der Waals surface area contributed by atoms with Gasteiger partial charge in [-0.05, 0) is 23.5 Å². The maximum Gasteiger partial charge on any atom is 0.289 e. The van der Waals surface area contributed by atoms with Crippen LogP contribution in [0.2, 0.25) is 5.15 Å². The van der Waals surface area contributed by atoms with Crippen LogP contribution in [-0.4, -0.2) is 15.1 Å². The van der Waals surface area contributed by atoms with Crippen LogP contribution >= 0.6 is 11.6 Å². The average Bonchev–Trinajstić information content (AvgIpc) is 2.59. The molecule has 0 aliphatic carbocycles. The molecular weight excluding hydrogens is 218 g/mol. The first-order valence-electron chi connectivity index (χ1n) is 4.20. The zero-order chi connectivity index (χ0) is 11.0. The molecule has 0 aliphatic heterocycles. The molecule has 0 radical (unpaired) electrons. The van der Waals surface area contributed by atoms with Crippen LogP contribution in [-0.2, 0) is 7.05 Å². The van der Waals surface area contributed by atoms with Crippen LogP contribution in [0.15, 0.2) is 10.9 Å². The van der Waals surface area contributed by atoms with E-state index >= 15 is 0 Å². The first-order valence-corrected chi connectivity index (χ1v) is 4.57. The van der Waals surface area contributed by atoms with Crippen LogP contribution in [0.3, 0.4) is 0 Å². The zero-order valence-corrected chi connectivity index (χ0v) is 8.99. The van der Waals surface area contributed by atoms with E-state index in [9.17, 15) is 0 Å². The number of rotatable bonds is 1. The number of nitrogens with zero attached hydrogens (tertiary/aromatic N) is 4. The second kappa shape index (κ2) is 3.47. The van der Waals surface area contributed by atoms with Crippen LogP contribution in [0.1, 0.15) is 5.82 Å². The molecule has 7 heteroatoms. The number of halogens is 1. The molecule has 0 bridgehead atoms. The Bertz CT molecular complexity index is 510. The summed E-state index contributed by atoms with van der Waals surface area (Å²) >= 11 is 6.06. The monoisotopic (exact) mass is 226 g/mol. The van der Waals surface area contributed by atoms with Gasteiger partial charge in [-0.15, -0.1) is 0 Å². The third kappa shape index (κ3) is 1.63. The molecule has 2 heterocycles. The maximum absolute atomic E-state index is 6.06. The molecule has 0 spiro atoms. The highest BCUT2D eigenvalue weighted by Crippen LogP contribution is 2.27. The Hall–Kier alpha value is -1.69. The number of hydrogen-bond acceptors (Lipinski definition) is 5. The van der Waals surface area contributed by atoms with E-state index in [4.69, 9.17) is 21.9 Å². The van der Waals surface area contributed by atoms with E-state index in [1.807, 2.05) is 0 Å². The highest BCUT2D eigenvalue weighted by molar-refractivity contribution is 6.31. The SMILES string of the molecule is Cc1noc(-c2c(N)nc[n+](C)c2Cl)n1. The molecule has 2 aromatic heterocycles. The molecule has 0 aromatic carbocycles. The van der Waals surface area contributed by atoms with Gasteiger partial charge in [0.05, 0.1) is 7.05 Å².